The molecule has 1 atom stereocenters. The number of hydrogen-bond donors (Lipinski definition) is 2. The van der Waals surface area contributed by atoms with Gasteiger partial charge in [-0.1, -0.05) is 13.8 Å². The maximum atomic E-state index is 11.7. The molecule has 0 aliphatic carbocycles. The molecule has 3 rings (SSSR count). The van der Waals surface area contributed by atoms with Crippen molar-refractivity contribution in [1.29, 1.82) is 0 Å². The van der Waals surface area contributed by atoms with Gasteiger partial charge in [0.25, 0.3) is 0 Å². The first-order valence-electron chi connectivity index (χ1n) is 6.96. The van der Waals surface area contributed by atoms with Gasteiger partial charge in [0.15, 0.2) is 9.84 Å². The number of rotatable bonds is 3. The van der Waals surface area contributed by atoms with Crippen molar-refractivity contribution in [2.24, 2.45) is 0 Å². The Bertz CT molecular complexity index is 746. The molecule has 1 aliphatic heterocycles. The molecule has 3 heterocycles. The van der Waals surface area contributed by atoms with Crippen LogP contribution in [0.1, 0.15) is 37.8 Å². The van der Waals surface area contributed by atoms with Crippen LogP contribution in [0.5, 0.6) is 0 Å². The molecule has 114 valence electrons. The highest BCUT2D eigenvalue weighted by Crippen LogP contribution is 2.36. The number of nitrogens with one attached hydrogen (secondary N) is 1. The van der Waals surface area contributed by atoms with Crippen molar-refractivity contribution < 1.29 is 8.42 Å². The predicted octanol–water partition coefficient (Wildman–Crippen LogP) is 1.34. The van der Waals surface area contributed by atoms with Gasteiger partial charge in [-0.15, -0.1) is 0 Å². The molecule has 0 spiro atoms. The Kier molecular flexibility index (Phi) is 3.27. The molecule has 2 aromatic rings. The summed E-state index contributed by atoms with van der Waals surface area (Å²) in [5.41, 5.74) is 8.84. The molecule has 1 fully saturated rings. The number of hydrogen-bond acceptors (Lipinski definition) is 5. The first-order chi connectivity index (χ1) is 9.89. The highest BCUT2D eigenvalue weighted by molar-refractivity contribution is 7.91. The van der Waals surface area contributed by atoms with Crippen molar-refractivity contribution in [1.82, 2.24) is 20.0 Å². The third-order valence-corrected chi connectivity index (χ3v) is 5.64. The van der Waals surface area contributed by atoms with Crippen LogP contribution in [0.2, 0.25) is 0 Å². The van der Waals surface area contributed by atoms with E-state index in [0.717, 1.165) is 16.8 Å². The van der Waals surface area contributed by atoms with E-state index in [0.29, 0.717) is 12.2 Å². The molecule has 0 aromatic carbocycles. The minimum absolute atomic E-state index is 0.112. The van der Waals surface area contributed by atoms with Crippen molar-refractivity contribution in [3.05, 3.63) is 18.0 Å². The van der Waals surface area contributed by atoms with Crippen LogP contribution in [0.4, 0.5) is 5.82 Å². The Balaban J connectivity index is 2.09. The Labute approximate surface area is 123 Å². The summed E-state index contributed by atoms with van der Waals surface area (Å²) in [6.45, 7) is 4.10. The van der Waals surface area contributed by atoms with Crippen molar-refractivity contribution in [2.75, 3.05) is 17.2 Å². The molecule has 2 aromatic heterocycles. The molecule has 8 heteroatoms. The van der Waals surface area contributed by atoms with Crippen LogP contribution < -0.4 is 5.73 Å². The molecule has 1 aliphatic rings. The fraction of sp³-hybridized carbons (Fsp3) is 0.538. The van der Waals surface area contributed by atoms with E-state index in [-0.39, 0.29) is 23.5 Å². The zero-order valence-corrected chi connectivity index (χ0v) is 12.9. The summed E-state index contributed by atoms with van der Waals surface area (Å²) in [5.74, 6) is 1.07. The summed E-state index contributed by atoms with van der Waals surface area (Å²) in [6.07, 6.45) is 4.03. The van der Waals surface area contributed by atoms with Gasteiger partial charge in [0.1, 0.15) is 11.5 Å². The maximum absolute atomic E-state index is 11.7. The molecular weight excluding hydrogens is 290 g/mol. The Morgan fingerprint density at radius 2 is 2.24 bits per heavy atom. The van der Waals surface area contributed by atoms with E-state index in [9.17, 15) is 8.42 Å². The number of H-pyrrole nitrogens is 1. The van der Waals surface area contributed by atoms with Gasteiger partial charge in [-0.25, -0.2) is 13.1 Å². The monoisotopic (exact) mass is 309 g/mol. The van der Waals surface area contributed by atoms with Gasteiger partial charge in [0, 0.05) is 17.3 Å². The molecule has 1 unspecified atom stereocenters. The van der Waals surface area contributed by atoms with Gasteiger partial charge in [0.2, 0.25) is 0 Å². The molecular formula is C13H19N5O2S. The lowest BCUT2D eigenvalue weighted by Gasteiger charge is -2.11. The molecule has 3 N–H and O–H groups in total. The van der Waals surface area contributed by atoms with Crippen molar-refractivity contribution >= 4 is 15.7 Å². The summed E-state index contributed by atoms with van der Waals surface area (Å²) in [4.78, 5) is 0. The molecule has 1 saturated heterocycles. The van der Waals surface area contributed by atoms with Crippen LogP contribution >= 0.6 is 0 Å². The van der Waals surface area contributed by atoms with Crippen molar-refractivity contribution in [2.45, 2.75) is 32.2 Å². The number of sulfone groups is 1. The lowest BCUT2D eigenvalue weighted by atomic mass is 10.0. The quantitative estimate of drug-likeness (QED) is 0.889. The average Bonchev–Trinajstić information content (AvgIpc) is 3.07. The first-order valence-corrected chi connectivity index (χ1v) is 8.78. The minimum atomic E-state index is -2.97. The summed E-state index contributed by atoms with van der Waals surface area (Å²) in [7, 11) is -2.97. The largest absolute Gasteiger partial charge is 0.384 e. The predicted molar refractivity (Wildman–Crippen MR) is 80.6 cm³/mol. The normalized spacial score (nSPS) is 21.2. The Hall–Kier alpha value is -1.83. The number of anilines is 1. The van der Waals surface area contributed by atoms with E-state index in [4.69, 9.17) is 5.73 Å². The molecule has 0 radical (unpaired) electrons. The van der Waals surface area contributed by atoms with Crippen LogP contribution in [0.15, 0.2) is 12.4 Å². The third kappa shape index (κ3) is 2.44. The van der Waals surface area contributed by atoms with Crippen LogP contribution in [0.25, 0.3) is 11.3 Å². The summed E-state index contributed by atoms with van der Waals surface area (Å²) in [6, 6.07) is -0.173. The van der Waals surface area contributed by atoms with Crippen molar-refractivity contribution in [3.8, 4) is 11.3 Å². The molecule has 7 nitrogen and oxygen atoms in total. The van der Waals surface area contributed by atoms with Gasteiger partial charge < -0.3 is 5.73 Å². The second kappa shape index (κ2) is 4.87. The second-order valence-corrected chi connectivity index (χ2v) is 8.02. The first kappa shape index (κ1) is 14.1. The topological polar surface area (TPSA) is 107 Å². The fourth-order valence-corrected chi connectivity index (χ4v) is 4.56. The second-order valence-electron chi connectivity index (χ2n) is 5.79. The fourth-order valence-electron chi connectivity index (χ4n) is 2.87. The molecule has 21 heavy (non-hydrogen) atoms. The Morgan fingerprint density at radius 3 is 2.76 bits per heavy atom. The van der Waals surface area contributed by atoms with Gasteiger partial charge in [0.05, 0.1) is 23.7 Å². The van der Waals surface area contributed by atoms with E-state index in [1.54, 1.807) is 17.1 Å². The Morgan fingerprint density at radius 1 is 1.48 bits per heavy atom. The molecule has 0 amide bonds. The minimum Gasteiger partial charge on any atom is -0.384 e. The SMILES string of the molecule is CC(C)c1c(-c2cn[nH]c2)nn(C2CCS(=O)(=O)C2)c1N. The van der Waals surface area contributed by atoms with Gasteiger partial charge in [-0.05, 0) is 12.3 Å². The maximum Gasteiger partial charge on any atom is 0.152 e. The van der Waals surface area contributed by atoms with E-state index in [2.05, 4.69) is 15.3 Å². The van der Waals surface area contributed by atoms with Crippen LogP contribution in [0.3, 0.4) is 0 Å². The zero-order valence-electron chi connectivity index (χ0n) is 12.1. The summed E-state index contributed by atoms with van der Waals surface area (Å²) < 4.78 is 25.0. The van der Waals surface area contributed by atoms with E-state index >= 15 is 0 Å². The average molecular weight is 309 g/mol. The van der Waals surface area contributed by atoms with E-state index < -0.39 is 9.84 Å². The zero-order chi connectivity index (χ0) is 15.2. The highest BCUT2D eigenvalue weighted by atomic mass is 32.2. The lowest BCUT2D eigenvalue weighted by molar-refractivity contribution is 0.507. The molecule has 0 saturated carbocycles. The highest BCUT2D eigenvalue weighted by Gasteiger charge is 2.33. The van der Waals surface area contributed by atoms with Gasteiger partial charge in [-0.3, -0.25) is 5.10 Å². The van der Waals surface area contributed by atoms with Gasteiger partial charge in [-0.2, -0.15) is 10.2 Å². The van der Waals surface area contributed by atoms with Crippen LogP contribution in [0, 0.1) is 0 Å². The summed E-state index contributed by atoms with van der Waals surface area (Å²) >= 11 is 0. The van der Waals surface area contributed by atoms with Crippen LogP contribution in [-0.2, 0) is 9.84 Å². The van der Waals surface area contributed by atoms with Crippen molar-refractivity contribution in [3.63, 3.8) is 0 Å². The number of aromatic amines is 1. The van der Waals surface area contributed by atoms with E-state index in [1.165, 1.54) is 0 Å². The van der Waals surface area contributed by atoms with E-state index in [1.807, 2.05) is 13.8 Å². The molecule has 0 bridgehead atoms. The number of nitrogens with zero attached hydrogens (tertiary/aromatic N) is 3. The number of nitrogens with two attached hydrogens (primary N) is 1. The summed E-state index contributed by atoms with van der Waals surface area (Å²) in [5, 5.41) is 11.3. The standard InChI is InChI=1S/C13H19N5O2S/c1-8(2)11-12(9-5-15-16-6-9)17-18(13(11)14)10-3-4-21(19,20)7-10/h5-6,8,10H,3-4,7,14H2,1-2H3,(H,15,16). The third-order valence-electron chi connectivity index (χ3n) is 3.89. The number of aromatic nitrogens is 4. The smallest absolute Gasteiger partial charge is 0.152 e. The van der Waals surface area contributed by atoms with Crippen LogP contribution in [-0.4, -0.2) is 39.9 Å². The number of nitrogen functional groups attached to an aromatic ring is 1. The lowest BCUT2D eigenvalue weighted by Crippen LogP contribution is -2.15. The van der Waals surface area contributed by atoms with Gasteiger partial charge >= 0.3 is 0 Å².